The molecule has 25 heavy (non-hydrogen) atoms. The quantitative estimate of drug-likeness (QED) is 0.763. The molecule has 126 valence electrons. The molecule has 1 N–H and O–H groups in total. The fourth-order valence-corrected chi connectivity index (χ4v) is 2.49. The van der Waals surface area contributed by atoms with Gasteiger partial charge in [-0.2, -0.15) is 0 Å². The zero-order chi connectivity index (χ0) is 17.6. The Balaban J connectivity index is 1.73. The van der Waals surface area contributed by atoms with Crippen LogP contribution in [0, 0.1) is 5.82 Å². The van der Waals surface area contributed by atoms with Gasteiger partial charge in [0.15, 0.2) is 0 Å². The predicted molar refractivity (Wildman–Crippen MR) is 97.1 cm³/mol. The first-order valence-corrected chi connectivity index (χ1v) is 7.90. The van der Waals surface area contributed by atoms with E-state index in [1.54, 1.807) is 24.4 Å². The van der Waals surface area contributed by atoms with Crippen LogP contribution in [0.2, 0.25) is 0 Å². The highest BCUT2D eigenvalue weighted by molar-refractivity contribution is 6.03. The minimum absolute atomic E-state index is 0.279. The van der Waals surface area contributed by atoms with Gasteiger partial charge in [-0.15, -0.1) is 0 Å². The van der Waals surface area contributed by atoms with E-state index >= 15 is 0 Å². The molecule has 0 aliphatic carbocycles. The van der Waals surface area contributed by atoms with E-state index in [1.807, 2.05) is 36.2 Å². The van der Waals surface area contributed by atoms with Crippen molar-refractivity contribution < 1.29 is 9.18 Å². The van der Waals surface area contributed by atoms with Crippen molar-refractivity contribution in [1.29, 1.82) is 0 Å². The molecule has 0 unspecified atom stereocenters. The lowest BCUT2D eigenvalue weighted by Gasteiger charge is -2.19. The highest BCUT2D eigenvalue weighted by atomic mass is 19.1. The van der Waals surface area contributed by atoms with Crippen LogP contribution in [0.4, 0.5) is 15.8 Å². The number of anilines is 2. The first-order chi connectivity index (χ1) is 12.1. The number of pyridine rings is 1. The first kappa shape index (κ1) is 16.6. The number of hydrogen-bond acceptors (Lipinski definition) is 3. The molecule has 0 saturated heterocycles. The van der Waals surface area contributed by atoms with Gasteiger partial charge in [-0.05, 0) is 35.9 Å². The van der Waals surface area contributed by atoms with Gasteiger partial charge < -0.3 is 10.2 Å². The summed E-state index contributed by atoms with van der Waals surface area (Å²) < 4.78 is 13.2. The number of carbonyl (C=O) groups is 1. The van der Waals surface area contributed by atoms with Crippen LogP contribution in [0.25, 0.3) is 0 Å². The van der Waals surface area contributed by atoms with Gasteiger partial charge in [0.1, 0.15) is 11.5 Å². The summed E-state index contributed by atoms with van der Waals surface area (Å²) in [5.74, 6) is -0.775. The molecule has 5 heteroatoms. The SMILES string of the molecule is CN(Cc1ccccc1)c1ccnc(C(=O)Nc2cccc(F)c2)c1. The fraction of sp³-hybridized carbons (Fsp3) is 0.100. The topological polar surface area (TPSA) is 45.2 Å². The largest absolute Gasteiger partial charge is 0.370 e. The molecule has 0 radical (unpaired) electrons. The van der Waals surface area contributed by atoms with E-state index in [1.165, 1.54) is 17.7 Å². The average Bonchev–Trinajstić information content (AvgIpc) is 2.62. The van der Waals surface area contributed by atoms with Crippen LogP contribution in [-0.4, -0.2) is 17.9 Å². The predicted octanol–water partition coefficient (Wildman–Crippen LogP) is 4.11. The first-order valence-electron chi connectivity index (χ1n) is 7.90. The molecule has 0 spiro atoms. The van der Waals surface area contributed by atoms with Crippen LogP contribution in [0.5, 0.6) is 0 Å². The number of carbonyl (C=O) groups excluding carboxylic acids is 1. The molecule has 2 aromatic carbocycles. The van der Waals surface area contributed by atoms with Crippen LogP contribution in [0.15, 0.2) is 72.9 Å². The molecular weight excluding hydrogens is 317 g/mol. The van der Waals surface area contributed by atoms with Crippen LogP contribution in [-0.2, 0) is 6.54 Å². The highest BCUT2D eigenvalue weighted by Crippen LogP contribution is 2.17. The Hall–Kier alpha value is -3.21. The molecule has 0 aliphatic rings. The summed E-state index contributed by atoms with van der Waals surface area (Å²) in [6.45, 7) is 0.718. The molecule has 0 fully saturated rings. The normalized spacial score (nSPS) is 10.3. The molecule has 4 nitrogen and oxygen atoms in total. The van der Waals surface area contributed by atoms with Crippen molar-refractivity contribution in [2.75, 3.05) is 17.3 Å². The average molecular weight is 335 g/mol. The molecule has 3 aromatic rings. The van der Waals surface area contributed by atoms with Gasteiger partial charge in [0, 0.05) is 31.2 Å². The number of hydrogen-bond donors (Lipinski definition) is 1. The van der Waals surface area contributed by atoms with Crippen molar-refractivity contribution in [3.63, 3.8) is 0 Å². The maximum atomic E-state index is 13.2. The molecule has 0 aliphatic heterocycles. The van der Waals surface area contributed by atoms with E-state index < -0.39 is 5.82 Å². The lowest BCUT2D eigenvalue weighted by atomic mass is 10.2. The maximum absolute atomic E-state index is 13.2. The number of halogens is 1. The molecule has 1 amide bonds. The summed E-state index contributed by atoms with van der Waals surface area (Å²) in [6.07, 6.45) is 1.59. The van der Waals surface area contributed by atoms with Crippen LogP contribution >= 0.6 is 0 Å². The van der Waals surface area contributed by atoms with E-state index in [9.17, 15) is 9.18 Å². The fourth-order valence-electron chi connectivity index (χ4n) is 2.49. The Morgan fingerprint density at radius 3 is 2.64 bits per heavy atom. The van der Waals surface area contributed by atoms with Crippen molar-refractivity contribution in [1.82, 2.24) is 4.98 Å². The maximum Gasteiger partial charge on any atom is 0.274 e. The lowest BCUT2D eigenvalue weighted by molar-refractivity contribution is 0.102. The number of rotatable bonds is 5. The minimum Gasteiger partial charge on any atom is -0.370 e. The number of nitrogens with one attached hydrogen (secondary N) is 1. The van der Waals surface area contributed by atoms with Crippen LogP contribution in [0.3, 0.4) is 0 Å². The third-order valence-corrected chi connectivity index (χ3v) is 3.76. The smallest absolute Gasteiger partial charge is 0.274 e. The molecular formula is C20H18FN3O. The van der Waals surface area contributed by atoms with Crippen molar-refractivity contribution in [3.05, 3.63) is 90.0 Å². The number of amides is 1. The van der Waals surface area contributed by atoms with Gasteiger partial charge >= 0.3 is 0 Å². The van der Waals surface area contributed by atoms with E-state index in [0.29, 0.717) is 5.69 Å². The Labute approximate surface area is 145 Å². The number of aromatic nitrogens is 1. The molecule has 0 bridgehead atoms. The van der Waals surface area contributed by atoms with Crippen molar-refractivity contribution in [2.45, 2.75) is 6.54 Å². The standard InChI is InChI=1S/C20H18FN3O/c1-24(14-15-6-3-2-4-7-15)18-10-11-22-19(13-18)20(25)23-17-9-5-8-16(21)12-17/h2-13H,14H2,1H3,(H,23,25). The van der Waals surface area contributed by atoms with E-state index in [-0.39, 0.29) is 11.6 Å². The van der Waals surface area contributed by atoms with Crippen molar-refractivity contribution >= 4 is 17.3 Å². The van der Waals surface area contributed by atoms with Gasteiger partial charge in [-0.1, -0.05) is 36.4 Å². The summed E-state index contributed by atoms with van der Waals surface area (Å²) in [5.41, 5.74) is 2.73. The minimum atomic E-state index is -0.401. The van der Waals surface area contributed by atoms with Crippen LogP contribution < -0.4 is 10.2 Å². The highest BCUT2D eigenvalue weighted by Gasteiger charge is 2.11. The molecule has 0 atom stereocenters. The summed E-state index contributed by atoms with van der Waals surface area (Å²) >= 11 is 0. The summed E-state index contributed by atoms with van der Waals surface area (Å²) in [7, 11) is 1.95. The zero-order valence-corrected chi connectivity index (χ0v) is 13.8. The number of benzene rings is 2. The van der Waals surface area contributed by atoms with Gasteiger partial charge in [0.2, 0.25) is 0 Å². The Morgan fingerprint density at radius 2 is 1.88 bits per heavy atom. The van der Waals surface area contributed by atoms with Gasteiger partial charge in [-0.25, -0.2) is 4.39 Å². The summed E-state index contributed by atoms with van der Waals surface area (Å²) in [4.78, 5) is 18.5. The van der Waals surface area contributed by atoms with E-state index in [2.05, 4.69) is 22.4 Å². The van der Waals surface area contributed by atoms with Gasteiger partial charge in [-0.3, -0.25) is 9.78 Å². The third-order valence-electron chi connectivity index (χ3n) is 3.76. The second kappa shape index (κ2) is 7.57. The Bertz CT molecular complexity index is 868. The third kappa shape index (κ3) is 4.41. The summed E-state index contributed by atoms with van der Waals surface area (Å²) in [6, 6.07) is 19.4. The van der Waals surface area contributed by atoms with Gasteiger partial charge in [0.05, 0.1) is 0 Å². The molecule has 3 rings (SSSR count). The van der Waals surface area contributed by atoms with Crippen molar-refractivity contribution in [2.24, 2.45) is 0 Å². The van der Waals surface area contributed by atoms with Crippen molar-refractivity contribution in [3.8, 4) is 0 Å². The van der Waals surface area contributed by atoms with Gasteiger partial charge in [0.25, 0.3) is 5.91 Å². The molecule has 0 saturated carbocycles. The molecule has 1 heterocycles. The Morgan fingerprint density at radius 1 is 1.08 bits per heavy atom. The monoisotopic (exact) mass is 335 g/mol. The summed E-state index contributed by atoms with van der Waals surface area (Å²) in [5, 5.41) is 2.65. The molecule has 1 aromatic heterocycles. The van der Waals surface area contributed by atoms with Crippen LogP contribution in [0.1, 0.15) is 16.1 Å². The zero-order valence-electron chi connectivity index (χ0n) is 13.8. The second-order valence-electron chi connectivity index (χ2n) is 5.71. The lowest BCUT2D eigenvalue weighted by Crippen LogP contribution is -2.18. The van der Waals surface area contributed by atoms with E-state index in [0.717, 1.165) is 12.2 Å². The Kier molecular flexibility index (Phi) is 5.04. The second-order valence-corrected chi connectivity index (χ2v) is 5.71. The number of nitrogens with zero attached hydrogens (tertiary/aromatic N) is 2. The van der Waals surface area contributed by atoms with E-state index in [4.69, 9.17) is 0 Å².